The second-order valence-corrected chi connectivity index (χ2v) is 3.23. The van der Waals surface area contributed by atoms with Crippen molar-refractivity contribution in [2.24, 2.45) is 0 Å². The van der Waals surface area contributed by atoms with Gasteiger partial charge in [0.15, 0.2) is 0 Å². The highest BCUT2D eigenvalue weighted by Gasteiger charge is 2.36. The lowest BCUT2D eigenvalue weighted by molar-refractivity contribution is -0.723. The van der Waals surface area contributed by atoms with Crippen LogP contribution in [0, 0.1) is 0 Å². The van der Waals surface area contributed by atoms with Crippen LogP contribution in [0.25, 0.3) is 0 Å². The highest BCUT2D eigenvalue weighted by Crippen LogP contribution is 2.05. The fourth-order valence-electron chi connectivity index (χ4n) is 0.539. The van der Waals surface area contributed by atoms with Gasteiger partial charge in [0, 0.05) is 19.3 Å². The molecule has 7 heteroatoms. The Labute approximate surface area is 80.6 Å². The van der Waals surface area contributed by atoms with E-state index in [-0.39, 0.29) is 5.11 Å². The molecule has 0 aliphatic carbocycles. The minimum absolute atomic E-state index is 0.194. The summed E-state index contributed by atoms with van der Waals surface area (Å²) in [5.41, 5.74) is 0. The monoisotopic (exact) mass is 207 g/mol. The molecule has 0 aliphatic rings. The fraction of sp³-hybridized carbons (Fsp3) is 0.500. The summed E-state index contributed by atoms with van der Waals surface area (Å²) in [6.45, 7) is 0. The van der Waals surface area contributed by atoms with E-state index in [1.54, 1.807) is 0 Å². The third-order valence-electron chi connectivity index (χ3n) is 1.53. The number of nitrogens with zero attached hydrogens (tertiary/aromatic N) is 2. The first kappa shape index (κ1) is 11.8. The van der Waals surface area contributed by atoms with Crippen LogP contribution in [0.1, 0.15) is 0 Å². The Balaban J connectivity index is 4.79. The Morgan fingerprint density at radius 3 is 1.92 bits per heavy atom. The molecule has 0 unspecified atom stereocenters. The fourth-order valence-corrected chi connectivity index (χ4v) is 0.695. The van der Waals surface area contributed by atoms with Crippen LogP contribution in [0.5, 0.6) is 0 Å². The number of carboxylic acid groups (broad SMARTS) is 2. The second-order valence-electron chi connectivity index (χ2n) is 2.86. The van der Waals surface area contributed by atoms with Crippen LogP contribution < -0.4 is 0 Å². The van der Waals surface area contributed by atoms with Crippen molar-refractivity contribution in [1.29, 1.82) is 0 Å². The van der Waals surface area contributed by atoms with Gasteiger partial charge in [0.1, 0.15) is 0 Å². The number of amides is 2. The van der Waals surface area contributed by atoms with Crippen molar-refractivity contribution in [3.05, 3.63) is 0 Å². The van der Waals surface area contributed by atoms with Crippen molar-refractivity contribution in [3.63, 3.8) is 0 Å². The van der Waals surface area contributed by atoms with Crippen LogP contribution >= 0.6 is 12.2 Å². The molecule has 0 spiro atoms. The molecule has 74 valence electrons. The summed E-state index contributed by atoms with van der Waals surface area (Å²) in [7, 11) is 3.79. The maximum Gasteiger partial charge on any atom is 0.520 e. The molecule has 6 nitrogen and oxygen atoms in total. The average molecular weight is 207 g/mol. The van der Waals surface area contributed by atoms with E-state index in [4.69, 9.17) is 22.4 Å². The second kappa shape index (κ2) is 3.67. The molecular weight excluding hydrogens is 196 g/mol. The van der Waals surface area contributed by atoms with Crippen LogP contribution in [0.2, 0.25) is 0 Å². The van der Waals surface area contributed by atoms with Gasteiger partial charge in [-0.15, -0.1) is 0 Å². The van der Waals surface area contributed by atoms with E-state index < -0.39 is 16.7 Å². The van der Waals surface area contributed by atoms with Gasteiger partial charge in [-0.1, -0.05) is 0 Å². The quantitative estimate of drug-likeness (QED) is 0.450. The van der Waals surface area contributed by atoms with E-state index >= 15 is 0 Å². The van der Waals surface area contributed by atoms with E-state index in [9.17, 15) is 9.59 Å². The van der Waals surface area contributed by atoms with Gasteiger partial charge in [0.05, 0.1) is 14.1 Å². The molecule has 0 aromatic rings. The maximum atomic E-state index is 10.7. The standard InChI is InChI=1S/C6H10N2O4S/c1-7(5(9)10)4(13)8(2,3)6(11)12/h1-3H3,(H-,9,10,11,12)/p+1. The van der Waals surface area contributed by atoms with Crippen molar-refractivity contribution in [2.75, 3.05) is 21.1 Å². The number of carbonyl (C=O) groups is 2. The Kier molecular flexibility index (Phi) is 3.33. The molecule has 2 amide bonds. The third-order valence-corrected chi connectivity index (χ3v) is 2.26. The molecule has 0 fully saturated rings. The minimum Gasteiger partial charge on any atom is -0.465 e. The van der Waals surface area contributed by atoms with Gasteiger partial charge in [0.25, 0.3) is 5.11 Å². The number of rotatable bonds is 0. The van der Waals surface area contributed by atoms with Crippen molar-refractivity contribution in [2.45, 2.75) is 0 Å². The number of quaternary nitrogens is 1. The number of hydrogen-bond acceptors (Lipinski definition) is 3. The summed E-state index contributed by atoms with van der Waals surface area (Å²) in [6.07, 6.45) is -2.49. The molecule has 0 saturated carbocycles. The van der Waals surface area contributed by atoms with Gasteiger partial charge in [-0.2, -0.15) is 9.28 Å². The zero-order valence-electron chi connectivity index (χ0n) is 7.51. The topological polar surface area (TPSA) is 77.8 Å². The van der Waals surface area contributed by atoms with Gasteiger partial charge in [-0.05, 0) is 0 Å². The molecule has 0 heterocycles. The van der Waals surface area contributed by atoms with Crippen LogP contribution in [0.15, 0.2) is 0 Å². The van der Waals surface area contributed by atoms with Crippen LogP contribution in [-0.2, 0) is 0 Å². The zero-order chi connectivity index (χ0) is 10.8. The van der Waals surface area contributed by atoms with Crippen molar-refractivity contribution in [1.82, 2.24) is 4.90 Å². The SMILES string of the molecule is CN(C(=O)O)C(=S)[N+](C)(C)C(=O)O. The van der Waals surface area contributed by atoms with E-state index in [1.807, 2.05) is 0 Å². The minimum atomic E-state index is -1.28. The number of thiocarbonyl (C=S) groups is 1. The van der Waals surface area contributed by atoms with Gasteiger partial charge in [-0.3, -0.25) is 0 Å². The molecule has 0 aliphatic heterocycles. The lowest BCUT2D eigenvalue weighted by atomic mass is 10.6. The lowest BCUT2D eigenvalue weighted by Crippen LogP contribution is -2.56. The first-order valence-corrected chi connectivity index (χ1v) is 3.70. The molecule has 0 saturated heterocycles. The van der Waals surface area contributed by atoms with Crippen LogP contribution in [0.4, 0.5) is 9.59 Å². The predicted octanol–water partition coefficient (Wildman–Crippen LogP) is 0.636. The molecule has 0 bridgehead atoms. The summed E-state index contributed by atoms with van der Waals surface area (Å²) in [6, 6.07) is 0. The van der Waals surface area contributed by atoms with Gasteiger partial charge < -0.3 is 10.2 Å². The zero-order valence-corrected chi connectivity index (χ0v) is 8.33. The van der Waals surface area contributed by atoms with Crippen LogP contribution in [-0.4, -0.2) is 58.0 Å². The summed E-state index contributed by atoms with van der Waals surface area (Å²) in [5.74, 6) is 0. The summed E-state index contributed by atoms with van der Waals surface area (Å²) in [4.78, 5) is 21.8. The molecule has 2 N–H and O–H groups in total. The van der Waals surface area contributed by atoms with E-state index in [2.05, 4.69) is 0 Å². The molecule has 13 heavy (non-hydrogen) atoms. The summed E-state index contributed by atoms with van der Waals surface area (Å²) < 4.78 is -0.682. The Bertz CT molecular complexity index is 263. The summed E-state index contributed by atoms with van der Waals surface area (Å²) in [5, 5.41) is 17.0. The van der Waals surface area contributed by atoms with Crippen LogP contribution in [0.3, 0.4) is 0 Å². The van der Waals surface area contributed by atoms with E-state index in [0.717, 1.165) is 0 Å². The van der Waals surface area contributed by atoms with E-state index in [1.165, 1.54) is 21.1 Å². The van der Waals surface area contributed by atoms with E-state index in [0.29, 0.717) is 4.90 Å². The van der Waals surface area contributed by atoms with Crippen molar-refractivity contribution < 1.29 is 24.3 Å². The largest absolute Gasteiger partial charge is 0.520 e. The summed E-state index contributed by atoms with van der Waals surface area (Å²) >= 11 is 4.70. The number of hydrogen-bond donors (Lipinski definition) is 2. The molecular formula is C6H11N2O4S+. The normalized spacial score (nSPS) is 10.7. The van der Waals surface area contributed by atoms with Crippen molar-refractivity contribution in [3.8, 4) is 0 Å². The molecule has 0 aromatic heterocycles. The highest BCUT2D eigenvalue weighted by molar-refractivity contribution is 7.80. The third kappa shape index (κ3) is 2.36. The Hall–Kier alpha value is -1.21. The Morgan fingerprint density at radius 2 is 1.69 bits per heavy atom. The average Bonchev–Trinajstić information content (AvgIpc) is 2.01. The van der Waals surface area contributed by atoms with Gasteiger partial charge in [0.2, 0.25) is 0 Å². The maximum absolute atomic E-state index is 10.7. The molecule has 0 rings (SSSR count). The molecule has 0 atom stereocenters. The van der Waals surface area contributed by atoms with Gasteiger partial charge >= 0.3 is 12.2 Å². The Morgan fingerprint density at radius 1 is 1.31 bits per heavy atom. The molecule has 0 aromatic carbocycles. The smallest absolute Gasteiger partial charge is 0.465 e. The lowest BCUT2D eigenvalue weighted by Gasteiger charge is -2.25. The van der Waals surface area contributed by atoms with Crippen molar-refractivity contribution >= 4 is 29.5 Å². The van der Waals surface area contributed by atoms with Gasteiger partial charge in [-0.25, -0.2) is 9.69 Å². The highest BCUT2D eigenvalue weighted by atomic mass is 32.1. The molecule has 0 radical (unpaired) electrons. The first-order chi connectivity index (χ1) is 5.71. The first-order valence-electron chi connectivity index (χ1n) is 3.30. The predicted molar refractivity (Wildman–Crippen MR) is 48.5 cm³/mol.